The number of halogens is 3. The molecular formula is C8H15F3N2O2S. The van der Waals surface area contributed by atoms with E-state index in [1.165, 1.54) is 6.92 Å². The summed E-state index contributed by atoms with van der Waals surface area (Å²) in [6.45, 7) is 0.622. The molecule has 1 aliphatic rings. The summed E-state index contributed by atoms with van der Waals surface area (Å²) in [4.78, 5) is 0. The lowest BCUT2D eigenvalue weighted by molar-refractivity contribution is -0.135. The first-order valence-electron chi connectivity index (χ1n) is 5.04. The zero-order valence-corrected chi connectivity index (χ0v) is 9.74. The van der Waals surface area contributed by atoms with E-state index in [4.69, 9.17) is 0 Å². The molecular weight excluding hydrogens is 245 g/mol. The van der Waals surface area contributed by atoms with Gasteiger partial charge < -0.3 is 5.32 Å². The smallest absolute Gasteiger partial charge is 0.315 e. The van der Waals surface area contributed by atoms with Gasteiger partial charge in [0.15, 0.2) is 0 Å². The van der Waals surface area contributed by atoms with Crippen molar-refractivity contribution < 1.29 is 21.6 Å². The van der Waals surface area contributed by atoms with Crippen LogP contribution >= 0.6 is 0 Å². The van der Waals surface area contributed by atoms with E-state index in [9.17, 15) is 21.6 Å². The highest BCUT2D eigenvalue weighted by molar-refractivity contribution is 7.89. The Bertz CT molecular complexity index is 323. The summed E-state index contributed by atoms with van der Waals surface area (Å²) in [6, 6.07) is 0. The van der Waals surface area contributed by atoms with Gasteiger partial charge in [0, 0.05) is 13.1 Å². The van der Waals surface area contributed by atoms with Gasteiger partial charge in [-0.3, -0.25) is 0 Å². The van der Waals surface area contributed by atoms with E-state index < -0.39 is 28.0 Å². The average molecular weight is 260 g/mol. The fourth-order valence-corrected chi connectivity index (χ4v) is 3.53. The summed E-state index contributed by atoms with van der Waals surface area (Å²) in [6.07, 6.45) is -4.12. The van der Waals surface area contributed by atoms with Crippen molar-refractivity contribution in [3.63, 3.8) is 0 Å². The van der Waals surface area contributed by atoms with E-state index in [-0.39, 0.29) is 13.1 Å². The lowest BCUT2D eigenvalue weighted by Crippen LogP contribution is -2.44. The van der Waals surface area contributed by atoms with E-state index >= 15 is 0 Å². The second-order valence-electron chi connectivity index (χ2n) is 3.70. The second-order valence-corrected chi connectivity index (χ2v) is 5.91. The minimum Gasteiger partial charge on any atom is -0.315 e. The minimum absolute atomic E-state index is 0.154. The molecule has 1 fully saturated rings. The van der Waals surface area contributed by atoms with Crippen LogP contribution < -0.4 is 5.32 Å². The molecule has 1 saturated heterocycles. The average Bonchev–Trinajstić information content (AvgIpc) is 2.65. The molecule has 0 aromatic heterocycles. The standard InChI is InChI=1S/C8H15F3N2O2S/c1-2-13(6-8(9,10)11)16(14,15)7-3-4-12-5-7/h7,12H,2-6H2,1H3. The van der Waals surface area contributed by atoms with E-state index in [0.29, 0.717) is 17.3 Å². The summed E-state index contributed by atoms with van der Waals surface area (Å²) < 4.78 is 60.7. The van der Waals surface area contributed by atoms with E-state index in [2.05, 4.69) is 5.32 Å². The minimum atomic E-state index is -4.49. The molecule has 1 N–H and O–H groups in total. The number of hydrogen-bond acceptors (Lipinski definition) is 3. The zero-order valence-electron chi connectivity index (χ0n) is 8.92. The fraction of sp³-hybridized carbons (Fsp3) is 1.00. The normalized spacial score (nSPS) is 22.9. The Kier molecular flexibility index (Phi) is 4.19. The molecule has 1 heterocycles. The summed E-state index contributed by atoms with van der Waals surface area (Å²) in [7, 11) is -3.83. The lowest BCUT2D eigenvalue weighted by Gasteiger charge is -2.24. The highest BCUT2D eigenvalue weighted by Crippen LogP contribution is 2.22. The van der Waals surface area contributed by atoms with Crippen LogP contribution in [0.5, 0.6) is 0 Å². The van der Waals surface area contributed by atoms with Gasteiger partial charge in [-0.2, -0.15) is 17.5 Å². The maximum Gasteiger partial charge on any atom is 0.402 e. The predicted molar refractivity (Wildman–Crippen MR) is 53.5 cm³/mol. The number of nitrogens with one attached hydrogen (secondary N) is 1. The summed E-state index contributed by atoms with van der Waals surface area (Å²) in [5.74, 6) is 0. The van der Waals surface area contributed by atoms with Gasteiger partial charge in [-0.05, 0) is 13.0 Å². The molecule has 0 bridgehead atoms. The zero-order chi connectivity index (χ0) is 12.4. The molecule has 1 atom stereocenters. The van der Waals surface area contributed by atoms with Gasteiger partial charge in [0.05, 0.1) is 5.25 Å². The first-order chi connectivity index (χ1) is 7.27. The maximum atomic E-state index is 12.2. The van der Waals surface area contributed by atoms with Gasteiger partial charge in [-0.25, -0.2) is 8.42 Å². The molecule has 16 heavy (non-hydrogen) atoms. The summed E-state index contributed by atoms with van der Waals surface area (Å²) >= 11 is 0. The molecule has 0 amide bonds. The topological polar surface area (TPSA) is 49.4 Å². The largest absolute Gasteiger partial charge is 0.402 e. The molecule has 0 aromatic rings. The van der Waals surface area contributed by atoms with Gasteiger partial charge in [-0.1, -0.05) is 6.92 Å². The van der Waals surface area contributed by atoms with Gasteiger partial charge in [0.1, 0.15) is 6.54 Å². The van der Waals surface area contributed by atoms with Crippen LogP contribution in [0.4, 0.5) is 13.2 Å². The van der Waals surface area contributed by atoms with Crippen LogP contribution in [0.3, 0.4) is 0 Å². The lowest BCUT2D eigenvalue weighted by atomic mass is 10.4. The van der Waals surface area contributed by atoms with Crippen LogP contribution in [0.15, 0.2) is 0 Å². The molecule has 1 aliphatic heterocycles. The van der Waals surface area contributed by atoms with Crippen molar-refractivity contribution in [3.8, 4) is 0 Å². The molecule has 4 nitrogen and oxygen atoms in total. The number of alkyl halides is 3. The molecule has 0 radical (unpaired) electrons. The Hall–Kier alpha value is -0.340. The van der Waals surface area contributed by atoms with E-state index in [1.54, 1.807) is 0 Å². The highest BCUT2D eigenvalue weighted by atomic mass is 32.2. The van der Waals surface area contributed by atoms with Gasteiger partial charge in [-0.15, -0.1) is 0 Å². The fourth-order valence-electron chi connectivity index (χ4n) is 1.67. The number of rotatable bonds is 4. The SMILES string of the molecule is CCN(CC(F)(F)F)S(=O)(=O)C1CCNC1. The van der Waals surface area contributed by atoms with Crippen molar-refractivity contribution in [2.45, 2.75) is 24.8 Å². The molecule has 0 aromatic carbocycles. The van der Waals surface area contributed by atoms with Crippen molar-refractivity contribution in [1.82, 2.24) is 9.62 Å². The van der Waals surface area contributed by atoms with Gasteiger partial charge >= 0.3 is 6.18 Å². The summed E-state index contributed by atoms with van der Waals surface area (Å²) in [5, 5.41) is 2.11. The highest BCUT2D eigenvalue weighted by Gasteiger charge is 2.39. The molecule has 8 heteroatoms. The number of hydrogen-bond donors (Lipinski definition) is 1. The monoisotopic (exact) mass is 260 g/mol. The second kappa shape index (κ2) is 4.89. The molecule has 1 unspecified atom stereocenters. The quantitative estimate of drug-likeness (QED) is 0.803. The Labute approximate surface area is 92.9 Å². The first-order valence-corrected chi connectivity index (χ1v) is 6.54. The number of nitrogens with zero attached hydrogens (tertiary/aromatic N) is 1. The third-order valence-electron chi connectivity index (χ3n) is 2.50. The third kappa shape index (κ3) is 3.33. The van der Waals surface area contributed by atoms with Crippen molar-refractivity contribution in [2.24, 2.45) is 0 Å². The van der Waals surface area contributed by atoms with E-state index in [0.717, 1.165) is 0 Å². The molecule has 96 valence electrons. The third-order valence-corrected chi connectivity index (χ3v) is 4.86. The number of sulfonamides is 1. The Morgan fingerprint density at radius 2 is 2.06 bits per heavy atom. The van der Waals surface area contributed by atoms with Crippen LogP contribution in [0.2, 0.25) is 0 Å². The maximum absolute atomic E-state index is 12.2. The van der Waals surface area contributed by atoms with E-state index in [1.807, 2.05) is 0 Å². The Morgan fingerprint density at radius 1 is 1.44 bits per heavy atom. The first kappa shape index (κ1) is 13.7. The van der Waals surface area contributed by atoms with Crippen LogP contribution in [0.1, 0.15) is 13.3 Å². The Balaban J connectivity index is 2.78. The predicted octanol–water partition coefficient (Wildman–Crippen LogP) is 0.562. The summed E-state index contributed by atoms with van der Waals surface area (Å²) in [5.41, 5.74) is 0. The van der Waals surface area contributed by atoms with Crippen molar-refractivity contribution in [1.29, 1.82) is 0 Å². The molecule has 0 spiro atoms. The van der Waals surface area contributed by atoms with Crippen molar-refractivity contribution >= 4 is 10.0 Å². The Morgan fingerprint density at radius 3 is 2.44 bits per heavy atom. The van der Waals surface area contributed by atoms with Crippen molar-refractivity contribution in [3.05, 3.63) is 0 Å². The van der Waals surface area contributed by atoms with Gasteiger partial charge in [0.25, 0.3) is 0 Å². The van der Waals surface area contributed by atoms with Crippen LogP contribution in [-0.4, -0.2) is 50.3 Å². The molecule has 1 rings (SSSR count). The van der Waals surface area contributed by atoms with Crippen LogP contribution in [0.25, 0.3) is 0 Å². The van der Waals surface area contributed by atoms with Crippen molar-refractivity contribution in [2.75, 3.05) is 26.2 Å². The van der Waals surface area contributed by atoms with Crippen LogP contribution in [-0.2, 0) is 10.0 Å². The molecule has 0 saturated carbocycles. The van der Waals surface area contributed by atoms with Crippen LogP contribution in [0, 0.1) is 0 Å². The molecule has 0 aliphatic carbocycles. The van der Waals surface area contributed by atoms with Gasteiger partial charge in [0.2, 0.25) is 10.0 Å².